The Kier molecular flexibility index (Phi) is 7.63. The van der Waals surface area contributed by atoms with E-state index in [1.54, 1.807) is 0 Å². The zero-order chi connectivity index (χ0) is 7.44. The molecule has 0 fully saturated rings. The molecule has 0 rings (SSSR count). The van der Waals surface area contributed by atoms with Gasteiger partial charge in [0, 0.05) is 0 Å². The number of hydrogen-bond donors (Lipinski definition) is 2. The highest BCUT2D eigenvalue weighted by Gasteiger charge is 2.11. The average molecular weight is 157 g/mol. The van der Waals surface area contributed by atoms with Crippen LogP contribution >= 0.6 is 0 Å². The molecule has 0 saturated heterocycles. The second-order valence-corrected chi connectivity index (χ2v) is 2.57. The third-order valence-corrected chi connectivity index (χ3v) is 1.04. The molecule has 0 amide bonds. The van der Waals surface area contributed by atoms with Gasteiger partial charge in [-0.3, -0.25) is 4.79 Å². The molecule has 1 atom stereocenters. The minimum atomic E-state index is -0.913. The van der Waals surface area contributed by atoms with Crippen molar-refractivity contribution in [2.24, 2.45) is 11.7 Å². The van der Waals surface area contributed by atoms with E-state index in [0.29, 0.717) is 12.3 Å². The lowest BCUT2D eigenvalue weighted by Gasteiger charge is -2.07. The van der Waals surface area contributed by atoms with E-state index in [1.165, 1.54) is 0 Å². The van der Waals surface area contributed by atoms with Crippen molar-refractivity contribution in [1.82, 2.24) is 0 Å². The fraction of sp³-hybridized carbons (Fsp3) is 0.833. The van der Waals surface area contributed by atoms with E-state index in [-0.39, 0.29) is 23.1 Å². The summed E-state index contributed by atoms with van der Waals surface area (Å²) in [5.41, 5.74) is 5.22. The molecule has 0 saturated carbocycles. The number of rotatable bonds is 3. The van der Waals surface area contributed by atoms with Crippen LogP contribution in [0.25, 0.3) is 0 Å². The standard InChI is InChI=1S/C6H13NO2.Mg.2H/c1-4(2)3-5(7)6(8)9;;;/h4-5H,3,7H2,1-2H3,(H,8,9);;;/t5-;;;/m0.../s1. The fourth-order valence-corrected chi connectivity index (χ4v) is 0.609. The molecule has 0 aromatic carbocycles. The molecule has 0 bridgehead atoms. The summed E-state index contributed by atoms with van der Waals surface area (Å²) < 4.78 is 0. The van der Waals surface area contributed by atoms with Gasteiger partial charge in [0.2, 0.25) is 0 Å². The zero-order valence-corrected chi connectivity index (χ0v) is 5.79. The third-order valence-electron chi connectivity index (χ3n) is 1.04. The Morgan fingerprint density at radius 3 is 2.10 bits per heavy atom. The first-order chi connectivity index (χ1) is 4.04. The summed E-state index contributed by atoms with van der Waals surface area (Å²) in [4.78, 5) is 10.1. The van der Waals surface area contributed by atoms with E-state index < -0.39 is 12.0 Å². The second-order valence-electron chi connectivity index (χ2n) is 2.57. The lowest BCUT2D eigenvalue weighted by molar-refractivity contribution is -0.138. The van der Waals surface area contributed by atoms with E-state index in [4.69, 9.17) is 10.8 Å². The van der Waals surface area contributed by atoms with Gasteiger partial charge in [0.05, 0.1) is 0 Å². The van der Waals surface area contributed by atoms with Crippen molar-refractivity contribution in [3.05, 3.63) is 0 Å². The summed E-state index contributed by atoms with van der Waals surface area (Å²) in [7, 11) is 0. The largest absolute Gasteiger partial charge is 0.480 e. The quantitative estimate of drug-likeness (QED) is 0.545. The van der Waals surface area contributed by atoms with E-state index in [1.807, 2.05) is 13.8 Å². The van der Waals surface area contributed by atoms with Crippen molar-refractivity contribution < 1.29 is 9.90 Å². The van der Waals surface area contributed by atoms with Crippen molar-refractivity contribution in [2.45, 2.75) is 26.3 Å². The summed E-state index contributed by atoms with van der Waals surface area (Å²) in [6.45, 7) is 3.89. The number of carboxylic acids is 1. The van der Waals surface area contributed by atoms with Gasteiger partial charge in [-0.1, -0.05) is 13.8 Å². The van der Waals surface area contributed by atoms with Crippen LogP contribution in [0.4, 0.5) is 0 Å². The molecule has 0 aliphatic carbocycles. The first-order valence-electron chi connectivity index (χ1n) is 3.02. The minimum absolute atomic E-state index is 0. The van der Waals surface area contributed by atoms with Crippen LogP contribution in [0.5, 0.6) is 0 Å². The van der Waals surface area contributed by atoms with Gasteiger partial charge < -0.3 is 10.8 Å². The van der Waals surface area contributed by atoms with E-state index >= 15 is 0 Å². The normalized spacial score (nSPS) is 12.4. The van der Waals surface area contributed by atoms with Crippen LogP contribution in [-0.4, -0.2) is 40.2 Å². The van der Waals surface area contributed by atoms with Gasteiger partial charge in [0.25, 0.3) is 0 Å². The molecule has 4 heteroatoms. The van der Waals surface area contributed by atoms with Crippen molar-refractivity contribution in [1.29, 1.82) is 0 Å². The fourth-order valence-electron chi connectivity index (χ4n) is 0.609. The summed E-state index contributed by atoms with van der Waals surface area (Å²) in [5.74, 6) is -0.556. The molecule has 0 unspecified atom stereocenters. The van der Waals surface area contributed by atoms with Crippen molar-refractivity contribution in [3.63, 3.8) is 0 Å². The Morgan fingerprint density at radius 1 is 1.60 bits per heavy atom. The highest BCUT2D eigenvalue weighted by molar-refractivity contribution is 5.75. The maximum absolute atomic E-state index is 10.1. The van der Waals surface area contributed by atoms with Gasteiger partial charge in [-0.15, -0.1) is 0 Å². The van der Waals surface area contributed by atoms with Crippen molar-refractivity contribution >= 4 is 29.0 Å². The number of carbonyl (C=O) groups is 1. The zero-order valence-electron chi connectivity index (χ0n) is 5.79. The third kappa shape index (κ3) is 6.32. The monoisotopic (exact) mass is 157 g/mol. The van der Waals surface area contributed by atoms with Gasteiger partial charge in [0.1, 0.15) is 6.04 Å². The maximum Gasteiger partial charge on any atom is 0.320 e. The highest BCUT2D eigenvalue weighted by Crippen LogP contribution is 2.01. The first-order valence-corrected chi connectivity index (χ1v) is 3.02. The highest BCUT2D eigenvalue weighted by atomic mass is 24.3. The average Bonchev–Trinajstić information content (AvgIpc) is 1.63. The Balaban J connectivity index is 0. The second kappa shape index (κ2) is 5.94. The molecule has 0 aromatic rings. The van der Waals surface area contributed by atoms with Gasteiger partial charge in [0.15, 0.2) is 0 Å². The number of aliphatic carboxylic acids is 1. The van der Waals surface area contributed by atoms with Crippen LogP contribution in [0.15, 0.2) is 0 Å². The minimum Gasteiger partial charge on any atom is -0.480 e. The molecular formula is C6H15MgNO2. The summed E-state index contributed by atoms with van der Waals surface area (Å²) in [6.07, 6.45) is 0.551. The van der Waals surface area contributed by atoms with Crippen molar-refractivity contribution in [3.8, 4) is 0 Å². The number of carboxylic acid groups (broad SMARTS) is 1. The predicted octanol–water partition coefficient (Wildman–Crippen LogP) is -0.472. The molecule has 0 spiro atoms. The molecule has 0 aromatic heterocycles. The van der Waals surface area contributed by atoms with Gasteiger partial charge in [-0.05, 0) is 12.3 Å². The summed E-state index contributed by atoms with van der Waals surface area (Å²) in [5, 5.41) is 8.31. The molecule has 0 radical (unpaired) electrons. The summed E-state index contributed by atoms with van der Waals surface area (Å²) >= 11 is 0. The number of hydrogen-bond acceptors (Lipinski definition) is 2. The molecule has 10 heavy (non-hydrogen) atoms. The van der Waals surface area contributed by atoms with E-state index in [2.05, 4.69) is 0 Å². The Labute approximate surface area is 77.1 Å². The van der Waals surface area contributed by atoms with E-state index in [9.17, 15) is 4.79 Å². The predicted molar refractivity (Wildman–Crippen MR) is 43.6 cm³/mol. The molecule has 0 aliphatic heterocycles. The maximum atomic E-state index is 10.1. The molecule has 3 N–H and O–H groups in total. The van der Waals surface area contributed by atoms with Crippen LogP contribution in [0.1, 0.15) is 20.3 Å². The Hall–Kier alpha value is 0.196. The molecule has 0 aliphatic rings. The Bertz CT molecular complexity index is 106. The van der Waals surface area contributed by atoms with Crippen LogP contribution in [0.2, 0.25) is 0 Å². The topological polar surface area (TPSA) is 63.3 Å². The van der Waals surface area contributed by atoms with Crippen LogP contribution in [-0.2, 0) is 4.79 Å². The molecular weight excluding hydrogens is 142 g/mol. The number of nitrogens with two attached hydrogens (primary N) is 1. The van der Waals surface area contributed by atoms with Crippen LogP contribution in [0.3, 0.4) is 0 Å². The Morgan fingerprint density at radius 2 is 2.00 bits per heavy atom. The van der Waals surface area contributed by atoms with Gasteiger partial charge in [-0.25, -0.2) is 0 Å². The summed E-state index contributed by atoms with van der Waals surface area (Å²) in [6, 6.07) is -0.690. The SMILES string of the molecule is CC(C)C[C@H](N)C(=O)O.[MgH2]. The molecule has 58 valence electrons. The smallest absolute Gasteiger partial charge is 0.320 e. The van der Waals surface area contributed by atoms with Crippen LogP contribution in [0, 0.1) is 5.92 Å². The van der Waals surface area contributed by atoms with Gasteiger partial charge in [-0.2, -0.15) is 0 Å². The lowest BCUT2D eigenvalue weighted by atomic mass is 10.1. The molecule has 0 heterocycles. The van der Waals surface area contributed by atoms with E-state index in [0.717, 1.165) is 0 Å². The van der Waals surface area contributed by atoms with Crippen LogP contribution < -0.4 is 5.73 Å². The van der Waals surface area contributed by atoms with Gasteiger partial charge >= 0.3 is 29.0 Å². The lowest BCUT2D eigenvalue weighted by Crippen LogP contribution is -2.31. The van der Waals surface area contributed by atoms with Crippen molar-refractivity contribution in [2.75, 3.05) is 0 Å². The molecule has 3 nitrogen and oxygen atoms in total. The first kappa shape index (κ1) is 12.8.